The standard InChI is InChI=1S/C17H18FN3O/c18-14-4-2-1-3-13(14)15-5-6-17(20-19-15)22-16-11-21-9-7-12(16)8-10-21/h1-6,12,16H,7-11H2. The lowest BCUT2D eigenvalue weighted by molar-refractivity contribution is -0.0103. The molecular weight excluding hydrogens is 281 g/mol. The van der Waals surface area contributed by atoms with Gasteiger partial charge in [-0.3, -0.25) is 4.90 Å². The molecule has 22 heavy (non-hydrogen) atoms. The van der Waals surface area contributed by atoms with E-state index in [-0.39, 0.29) is 11.9 Å². The molecule has 0 amide bonds. The molecule has 0 N–H and O–H groups in total. The number of benzene rings is 1. The zero-order valence-corrected chi connectivity index (χ0v) is 12.3. The maximum absolute atomic E-state index is 13.7. The Morgan fingerprint density at radius 2 is 1.86 bits per heavy atom. The summed E-state index contributed by atoms with van der Waals surface area (Å²) in [6.45, 7) is 3.34. The van der Waals surface area contributed by atoms with Crippen LogP contribution in [0.4, 0.5) is 4.39 Å². The molecule has 0 spiro atoms. The third-order valence-corrected chi connectivity index (χ3v) is 4.66. The Bertz CT molecular complexity index is 653. The van der Waals surface area contributed by atoms with Gasteiger partial charge in [-0.25, -0.2) is 4.39 Å². The molecule has 3 saturated heterocycles. The Kier molecular flexibility index (Phi) is 3.50. The molecule has 3 fully saturated rings. The van der Waals surface area contributed by atoms with Crippen molar-refractivity contribution in [2.75, 3.05) is 19.6 Å². The van der Waals surface area contributed by atoms with E-state index >= 15 is 0 Å². The van der Waals surface area contributed by atoms with Crippen molar-refractivity contribution in [3.8, 4) is 17.1 Å². The minimum absolute atomic E-state index is 0.205. The first-order valence-corrected chi connectivity index (χ1v) is 7.77. The van der Waals surface area contributed by atoms with E-state index in [0.29, 0.717) is 23.1 Å². The lowest BCUT2D eigenvalue weighted by atomic mass is 9.86. The monoisotopic (exact) mass is 299 g/mol. The lowest BCUT2D eigenvalue weighted by Gasteiger charge is -2.44. The van der Waals surface area contributed by atoms with Crippen molar-refractivity contribution in [3.05, 3.63) is 42.2 Å². The second-order valence-electron chi connectivity index (χ2n) is 6.03. The quantitative estimate of drug-likeness (QED) is 0.873. The maximum Gasteiger partial charge on any atom is 0.233 e. The van der Waals surface area contributed by atoms with Crippen LogP contribution < -0.4 is 4.74 Å². The van der Waals surface area contributed by atoms with E-state index < -0.39 is 0 Å². The van der Waals surface area contributed by atoms with Crippen LogP contribution in [0.15, 0.2) is 36.4 Å². The molecule has 114 valence electrons. The molecule has 0 aliphatic carbocycles. The molecule has 4 nitrogen and oxygen atoms in total. The number of aromatic nitrogens is 2. The van der Waals surface area contributed by atoms with Crippen molar-refractivity contribution in [2.24, 2.45) is 5.92 Å². The minimum Gasteiger partial charge on any atom is -0.472 e. The van der Waals surface area contributed by atoms with E-state index in [4.69, 9.17) is 4.74 Å². The molecule has 1 unspecified atom stereocenters. The number of hydrogen-bond donors (Lipinski definition) is 0. The fourth-order valence-corrected chi connectivity index (χ4v) is 3.39. The molecular formula is C17H18FN3O. The molecule has 3 aliphatic rings. The molecule has 0 radical (unpaired) electrons. The first-order chi connectivity index (χ1) is 10.8. The Hall–Kier alpha value is -2.01. The summed E-state index contributed by atoms with van der Waals surface area (Å²) in [5, 5.41) is 8.23. The van der Waals surface area contributed by atoms with Crippen molar-refractivity contribution in [1.82, 2.24) is 15.1 Å². The molecule has 4 heterocycles. The maximum atomic E-state index is 13.7. The van der Waals surface area contributed by atoms with Gasteiger partial charge in [0.05, 0.1) is 5.69 Å². The first kappa shape index (κ1) is 13.6. The van der Waals surface area contributed by atoms with Gasteiger partial charge < -0.3 is 4.74 Å². The van der Waals surface area contributed by atoms with E-state index in [2.05, 4.69) is 15.1 Å². The van der Waals surface area contributed by atoms with Crippen LogP contribution in [0.5, 0.6) is 5.88 Å². The van der Waals surface area contributed by atoms with E-state index in [0.717, 1.165) is 6.54 Å². The summed E-state index contributed by atoms with van der Waals surface area (Å²) >= 11 is 0. The smallest absolute Gasteiger partial charge is 0.233 e. The van der Waals surface area contributed by atoms with Gasteiger partial charge in [-0.1, -0.05) is 12.1 Å². The van der Waals surface area contributed by atoms with Crippen LogP contribution in [0.25, 0.3) is 11.3 Å². The molecule has 2 bridgehead atoms. The zero-order valence-electron chi connectivity index (χ0n) is 12.3. The van der Waals surface area contributed by atoms with Crippen molar-refractivity contribution in [3.63, 3.8) is 0 Å². The van der Waals surface area contributed by atoms with Crippen molar-refractivity contribution >= 4 is 0 Å². The van der Waals surface area contributed by atoms with Gasteiger partial charge in [0.2, 0.25) is 5.88 Å². The van der Waals surface area contributed by atoms with Crippen molar-refractivity contribution in [2.45, 2.75) is 18.9 Å². The number of halogens is 1. The summed E-state index contributed by atoms with van der Waals surface area (Å²) in [6.07, 6.45) is 2.60. The van der Waals surface area contributed by atoms with Gasteiger partial charge in [-0.2, -0.15) is 0 Å². The topological polar surface area (TPSA) is 38.2 Å². The van der Waals surface area contributed by atoms with Gasteiger partial charge >= 0.3 is 0 Å². The summed E-state index contributed by atoms with van der Waals surface area (Å²) in [5.41, 5.74) is 0.990. The van der Waals surface area contributed by atoms with Crippen LogP contribution in [0.2, 0.25) is 0 Å². The summed E-state index contributed by atoms with van der Waals surface area (Å²) < 4.78 is 19.7. The number of ether oxygens (including phenoxy) is 1. The summed E-state index contributed by atoms with van der Waals surface area (Å²) in [6, 6.07) is 10.1. The predicted molar refractivity (Wildman–Crippen MR) is 81.0 cm³/mol. The van der Waals surface area contributed by atoms with Crippen LogP contribution in [0, 0.1) is 11.7 Å². The Labute approximate surface area is 128 Å². The predicted octanol–water partition coefficient (Wildman–Crippen LogP) is 2.76. The third kappa shape index (κ3) is 2.57. The fraction of sp³-hybridized carbons (Fsp3) is 0.412. The number of rotatable bonds is 3. The van der Waals surface area contributed by atoms with Crippen LogP contribution in [-0.4, -0.2) is 40.8 Å². The normalized spacial score (nSPS) is 26.9. The van der Waals surface area contributed by atoms with E-state index in [9.17, 15) is 4.39 Å². The van der Waals surface area contributed by atoms with Gasteiger partial charge in [0.25, 0.3) is 0 Å². The van der Waals surface area contributed by atoms with Gasteiger partial charge in [0, 0.05) is 18.2 Å². The van der Waals surface area contributed by atoms with Crippen LogP contribution in [0.1, 0.15) is 12.8 Å². The molecule has 5 heteroatoms. The molecule has 1 aromatic heterocycles. The second-order valence-corrected chi connectivity index (χ2v) is 6.03. The van der Waals surface area contributed by atoms with E-state index in [1.54, 1.807) is 30.3 Å². The Morgan fingerprint density at radius 3 is 2.50 bits per heavy atom. The van der Waals surface area contributed by atoms with Crippen LogP contribution >= 0.6 is 0 Å². The summed E-state index contributed by atoms with van der Waals surface area (Å²) in [4.78, 5) is 2.44. The molecule has 1 aromatic carbocycles. The highest BCUT2D eigenvalue weighted by Gasteiger charge is 2.35. The van der Waals surface area contributed by atoms with Crippen molar-refractivity contribution < 1.29 is 9.13 Å². The van der Waals surface area contributed by atoms with Gasteiger partial charge in [0.15, 0.2) is 0 Å². The average molecular weight is 299 g/mol. The Morgan fingerprint density at radius 1 is 1.05 bits per heavy atom. The van der Waals surface area contributed by atoms with E-state index in [1.807, 2.05) is 0 Å². The van der Waals surface area contributed by atoms with Gasteiger partial charge in [0.1, 0.15) is 11.9 Å². The van der Waals surface area contributed by atoms with Crippen molar-refractivity contribution in [1.29, 1.82) is 0 Å². The molecule has 1 atom stereocenters. The summed E-state index contributed by atoms with van der Waals surface area (Å²) in [7, 11) is 0. The zero-order chi connectivity index (χ0) is 14.9. The molecule has 3 aliphatic heterocycles. The highest BCUT2D eigenvalue weighted by molar-refractivity contribution is 5.59. The third-order valence-electron chi connectivity index (χ3n) is 4.66. The average Bonchev–Trinajstić information content (AvgIpc) is 2.57. The highest BCUT2D eigenvalue weighted by Crippen LogP contribution is 2.30. The highest BCUT2D eigenvalue weighted by atomic mass is 19.1. The largest absolute Gasteiger partial charge is 0.472 e. The lowest BCUT2D eigenvalue weighted by Crippen LogP contribution is -2.52. The number of nitrogens with zero attached hydrogens (tertiary/aromatic N) is 3. The number of piperidine rings is 3. The molecule has 2 aromatic rings. The first-order valence-electron chi connectivity index (χ1n) is 7.77. The minimum atomic E-state index is -0.289. The Balaban J connectivity index is 1.49. The molecule has 5 rings (SSSR count). The second kappa shape index (κ2) is 5.65. The summed E-state index contributed by atoms with van der Waals surface area (Å²) in [5.74, 6) is 0.861. The van der Waals surface area contributed by atoms with Gasteiger partial charge in [-0.15, -0.1) is 10.2 Å². The molecule has 0 saturated carbocycles. The van der Waals surface area contributed by atoms with Gasteiger partial charge in [-0.05, 0) is 50.0 Å². The van der Waals surface area contributed by atoms with E-state index in [1.165, 1.54) is 32.0 Å². The SMILES string of the molecule is Fc1ccccc1-c1ccc(OC2CN3CCC2CC3)nn1. The fourth-order valence-electron chi connectivity index (χ4n) is 3.39. The number of hydrogen-bond acceptors (Lipinski definition) is 4. The van der Waals surface area contributed by atoms with Crippen LogP contribution in [-0.2, 0) is 0 Å². The van der Waals surface area contributed by atoms with Crippen LogP contribution in [0.3, 0.4) is 0 Å². The number of fused-ring (bicyclic) bond motifs is 3.